The molecule has 1 saturated heterocycles. The maximum atomic E-state index is 13.1. The number of carbonyl (C=O) groups excluding carboxylic acids is 1. The van der Waals surface area contributed by atoms with Crippen LogP contribution in [0, 0.1) is 0 Å². The smallest absolute Gasteiger partial charge is 0.272 e. The lowest BCUT2D eigenvalue weighted by molar-refractivity contribution is 0.102. The van der Waals surface area contributed by atoms with Gasteiger partial charge in [0.15, 0.2) is 0 Å². The van der Waals surface area contributed by atoms with Crippen molar-refractivity contribution in [1.29, 1.82) is 0 Å². The van der Waals surface area contributed by atoms with Gasteiger partial charge in [0.1, 0.15) is 17.1 Å². The highest BCUT2D eigenvalue weighted by Gasteiger charge is 2.26. The number of fused-ring (bicyclic) bond motifs is 1. The summed E-state index contributed by atoms with van der Waals surface area (Å²) in [6, 6.07) is 18.1. The Balaban J connectivity index is 1.41. The summed E-state index contributed by atoms with van der Waals surface area (Å²) in [4.78, 5) is 29.1. The molecular formula is C27H29N5O5S. The van der Waals surface area contributed by atoms with Crippen molar-refractivity contribution in [2.45, 2.75) is 24.8 Å². The van der Waals surface area contributed by atoms with E-state index in [4.69, 9.17) is 4.74 Å². The monoisotopic (exact) mass is 535 g/mol. The van der Waals surface area contributed by atoms with Crippen LogP contribution in [0.25, 0.3) is 16.7 Å². The fourth-order valence-corrected chi connectivity index (χ4v) is 5.90. The first-order valence-electron chi connectivity index (χ1n) is 12.4. The summed E-state index contributed by atoms with van der Waals surface area (Å²) < 4.78 is 34.7. The number of hydrogen-bond acceptors (Lipinski definition) is 6. The molecule has 198 valence electrons. The van der Waals surface area contributed by atoms with Gasteiger partial charge in [0.2, 0.25) is 10.0 Å². The van der Waals surface area contributed by atoms with Crippen molar-refractivity contribution in [3.05, 3.63) is 82.8 Å². The number of hydrogen-bond donors (Lipinski definition) is 3. The first-order valence-corrected chi connectivity index (χ1v) is 13.8. The average molecular weight is 536 g/mol. The molecule has 1 fully saturated rings. The number of amides is 1. The number of pyridine rings is 1. The second-order valence-corrected chi connectivity index (χ2v) is 11.2. The maximum Gasteiger partial charge on any atom is 0.272 e. The van der Waals surface area contributed by atoms with E-state index in [9.17, 15) is 18.0 Å². The Bertz CT molecular complexity index is 1630. The van der Waals surface area contributed by atoms with E-state index in [0.29, 0.717) is 54.3 Å². The summed E-state index contributed by atoms with van der Waals surface area (Å²) in [5.41, 5.74) is 1.42. The highest BCUT2D eigenvalue weighted by molar-refractivity contribution is 7.89. The molecule has 0 spiro atoms. The van der Waals surface area contributed by atoms with Crippen LogP contribution in [-0.2, 0) is 10.0 Å². The van der Waals surface area contributed by atoms with Crippen LogP contribution < -0.4 is 20.9 Å². The molecule has 4 aromatic rings. The van der Waals surface area contributed by atoms with Gasteiger partial charge in [-0.2, -0.15) is 4.31 Å². The summed E-state index contributed by atoms with van der Waals surface area (Å²) in [6.07, 6.45) is 0.0272. The van der Waals surface area contributed by atoms with E-state index in [1.807, 2.05) is 13.8 Å². The van der Waals surface area contributed by atoms with Crippen LogP contribution in [0.3, 0.4) is 0 Å². The van der Waals surface area contributed by atoms with E-state index in [2.05, 4.69) is 15.6 Å². The molecule has 1 aliphatic heterocycles. The number of ether oxygens (including phenoxy) is 1. The molecule has 0 radical (unpaired) electrons. The number of piperazine rings is 1. The predicted octanol–water partition coefficient (Wildman–Crippen LogP) is 2.95. The van der Waals surface area contributed by atoms with Gasteiger partial charge in [0.05, 0.1) is 16.7 Å². The van der Waals surface area contributed by atoms with E-state index >= 15 is 0 Å². The zero-order valence-corrected chi connectivity index (χ0v) is 21.9. The van der Waals surface area contributed by atoms with E-state index in [0.717, 1.165) is 0 Å². The number of H-pyrrole nitrogens is 1. The summed E-state index contributed by atoms with van der Waals surface area (Å²) >= 11 is 0. The van der Waals surface area contributed by atoms with Gasteiger partial charge >= 0.3 is 0 Å². The summed E-state index contributed by atoms with van der Waals surface area (Å²) in [5, 5.41) is 6.58. The molecule has 0 atom stereocenters. The maximum absolute atomic E-state index is 13.1. The normalized spacial score (nSPS) is 14.6. The zero-order valence-electron chi connectivity index (χ0n) is 21.1. The molecule has 0 aliphatic carbocycles. The Hall–Kier alpha value is -3.93. The summed E-state index contributed by atoms with van der Waals surface area (Å²) in [5.74, 6) is 0.231. The highest BCUT2D eigenvalue weighted by Crippen LogP contribution is 2.23. The van der Waals surface area contributed by atoms with Gasteiger partial charge in [-0.25, -0.2) is 8.42 Å². The van der Waals surface area contributed by atoms with Crippen molar-refractivity contribution in [3.63, 3.8) is 0 Å². The van der Waals surface area contributed by atoms with Gasteiger partial charge in [0.25, 0.3) is 11.5 Å². The van der Waals surface area contributed by atoms with Crippen molar-refractivity contribution < 1.29 is 17.9 Å². The third kappa shape index (κ3) is 5.21. The van der Waals surface area contributed by atoms with E-state index in [1.165, 1.54) is 27.1 Å². The highest BCUT2D eigenvalue weighted by atomic mass is 32.2. The number of aromatic amines is 1. The van der Waals surface area contributed by atoms with Crippen molar-refractivity contribution >= 4 is 32.7 Å². The summed E-state index contributed by atoms with van der Waals surface area (Å²) in [7, 11) is -3.67. The Morgan fingerprint density at radius 2 is 1.74 bits per heavy atom. The van der Waals surface area contributed by atoms with Crippen molar-refractivity contribution in [2.24, 2.45) is 0 Å². The minimum Gasteiger partial charge on any atom is -0.491 e. The first-order chi connectivity index (χ1) is 18.2. The van der Waals surface area contributed by atoms with E-state index in [-0.39, 0.29) is 22.3 Å². The van der Waals surface area contributed by atoms with Gasteiger partial charge in [-0.3, -0.25) is 14.2 Å². The van der Waals surface area contributed by atoms with Crippen LogP contribution >= 0.6 is 0 Å². The Kier molecular flexibility index (Phi) is 7.06. The van der Waals surface area contributed by atoms with Crippen LogP contribution in [0.4, 0.5) is 5.69 Å². The number of nitrogens with zero attached hydrogens (tertiary/aromatic N) is 2. The van der Waals surface area contributed by atoms with E-state index in [1.54, 1.807) is 48.5 Å². The van der Waals surface area contributed by atoms with Crippen molar-refractivity contribution in [2.75, 3.05) is 31.5 Å². The zero-order chi connectivity index (χ0) is 26.9. The Morgan fingerprint density at radius 3 is 2.45 bits per heavy atom. The van der Waals surface area contributed by atoms with Crippen LogP contribution in [0.1, 0.15) is 24.3 Å². The largest absolute Gasteiger partial charge is 0.491 e. The molecule has 10 nitrogen and oxygen atoms in total. The molecule has 0 saturated carbocycles. The Morgan fingerprint density at radius 1 is 1.00 bits per heavy atom. The van der Waals surface area contributed by atoms with Crippen molar-refractivity contribution in [3.8, 4) is 11.4 Å². The number of nitrogens with one attached hydrogen (secondary N) is 3. The lowest BCUT2D eigenvalue weighted by Crippen LogP contribution is -2.46. The molecule has 11 heteroatoms. The minimum absolute atomic E-state index is 0.0272. The van der Waals surface area contributed by atoms with Crippen LogP contribution in [0.5, 0.6) is 5.75 Å². The quantitative estimate of drug-likeness (QED) is 0.334. The molecule has 3 heterocycles. The van der Waals surface area contributed by atoms with Crippen LogP contribution in [0.2, 0.25) is 0 Å². The molecule has 38 heavy (non-hydrogen) atoms. The topological polar surface area (TPSA) is 126 Å². The Labute approximate surface area is 220 Å². The second kappa shape index (κ2) is 10.4. The molecule has 3 N–H and O–H groups in total. The molecule has 1 amide bonds. The molecule has 1 aliphatic rings. The number of carbonyl (C=O) groups is 1. The fourth-order valence-electron chi connectivity index (χ4n) is 4.41. The lowest BCUT2D eigenvalue weighted by Gasteiger charge is -2.26. The molecule has 5 rings (SSSR count). The van der Waals surface area contributed by atoms with E-state index < -0.39 is 15.9 Å². The molecule has 2 aromatic heterocycles. The van der Waals surface area contributed by atoms with Gasteiger partial charge < -0.3 is 20.4 Å². The number of anilines is 1. The van der Waals surface area contributed by atoms with Gasteiger partial charge in [0, 0.05) is 43.3 Å². The number of aromatic nitrogens is 2. The fraction of sp³-hybridized carbons (Fsp3) is 0.259. The third-order valence-corrected chi connectivity index (χ3v) is 8.09. The number of rotatable bonds is 7. The summed E-state index contributed by atoms with van der Waals surface area (Å²) in [6.45, 7) is 5.85. The second-order valence-electron chi connectivity index (χ2n) is 9.29. The van der Waals surface area contributed by atoms with Crippen LogP contribution in [-0.4, -0.2) is 60.5 Å². The third-order valence-electron chi connectivity index (χ3n) is 6.19. The average Bonchev–Trinajstić information content (AvgIpc) is 3.34. The van der Waals surface area contributed by atoms with Gasteiger partial charge in [-0.1, -0.05) is 6.07 Å². The van der Waals surface area contributed by atoms with Crippen molar-refractivity contribution in [1.82, 2.24) is 19.2 Å². The molecule has 2 aromatic carbocycles. The predicted molar refractivity (Wildman–Crippen MR) is 146 cm³/mol. The molecule has 0 bridgehead atoms. The van der Waals surface area contributed by atoms with Gasteiger partial charge in [-0.15, -0.1) is 0 Å². The molecule has 0 unspecified atom stereocenters. The standard InChI is InChI=1S/C27H29N5O5S/c1-18(2)37-22-9-7-21(8-10-22)32-25(33)11-6-19-16-24(30-26(19)32)27(34)29-20-4-3-5-23(17-20)38(35,36)31-14-12-28-13-15-31/h3-11,16-18,28,30H,12-15H2,1-2H3,(H,29,34). The minimum atomic E-state index is -3.67. The number of sulfonamides is 1. The first kappa shape index (κ1) is 25.7. The number of benzene rings is 2. The van der Waals surface area contributed by atoms with Gasteiger partial charge in [-0.05, 0) is 68.4 Å². The lowest BCUT2D eigenvalue weighted by atomic mass is 10.2. The molecular weight excluding hydrogens is 506 g/mol. The van der Waals surface area contributed by atoms with Crippen LogP contribution in [0.15, 0.2) is 76.4 Å². The SMILES string of the molecule is CC(C)Oc1ccc(-n2c(=O)ccc3cc(C(=O)Nc4cccc(S(=O)(=O)N5CCNCC5)c4)[nH]c32)cc1.